The first kappa shape index (κ1) is 18.0. The minimum absolute atomic E-state index is 0.0729. The summed E-state index contributed by atoms with van der Waals surface area (Å²) in [6.45, 7) is 2.63. The summed E-state index contributed by atoms with van der Waals surface area (Å²) in [7, 11) is 1.57. The maximum atomic E-state index is 12.7. The normalized spacial score (nSPS) is 14.4. The zero-order chi connectivity index (χ0) is 19.7. The number of imidazole rings is 1. The van der Waals surface area contributed by atoms with Crippen molar-refractivity contribution in [3.8, 4) is 5.75 Å². The zero-order valence-corrected chi connectivity index (χ0v) is 15.9. The maximum Gasteiger partial charge on any atom is 0.275 e. The Morgan fingerprint density at radius 2 is 2.07 bits per heavy atom. The van der Waals surface area contributed by atoms with Gasteiger partial charge in [-0.1, -0.05) is 0 Å². The summed E-state index contributed by atoms with van der Waals surface area (Å²) in [6, 6.07) is 9.18. The fourth-order valence-corrected chi connectivity index (χ4v) is 3.43. The number of aryl methyl sites for hydroxylation is 1. The van der Waals surface area contributed by atoms with Crippen LogP contribution >= 0.6 is 0 Å². The predicted molar refractivity (Wildman–Crippen MR) is 107 cm³/mol. The number of pyridine rings is 1. The molecule has 4 rings (SSSR count). The summed E-state index contributed by atoms with van der Waals surface area (Å²) in [4.78, 5) is 31.1. The summed E-state index contributed by atoms with van der Waals surface area (Å²) in [5.41, 5.74) is 3.40. The van der Waals surface area contributed by atoms with E-state index < -0.39 is 0 Å². The second kappa shape index (κ2) is 7.34. The Morgan fingerprint density at radius 3 is 2.86 bits per heavy atom. The Kier molecular flexibility index (Phi) is 4.73. The van der Waals surface area contributed by atoms with Gasteiger partial charge < -0.3 is 19.4 Å². The first-order valence-electron chi connectivity index (χ1n) is 9.30. The van der Waals surface area contributed by atoms with Gasteiger partial charge in [0.05, 0.1) is 12.8 Å². The first-order chi connectivity index (χ1) is 13.5. The molecular weight excluding hydrogens is 356 g/mol. The van der Waals surface area contributed by atoms with E-state index in [0.29, 0.717) is 35.8 Å². The summed E-state index contributed by atoms with van der Waals surface area (Å²) in [6.07, 6.45) is 5.96. The lowest BCUT2D eigenvalue weighted by atomic mass is 10.1. The van der Waals surface area contributed by atoms with Gasteiger partial charge in [-0.25, -0.2) is 4.98 Å². The Bertz CT molecular complexity index is 1060. The van der Waals surface area contributed by atoms with Crippen LogP contribution in [0.4, 0.5) is 11.4 Å². The second-order valence-corrected chi connectivity index (χ2v) is 6.94. The lowest BCUT2D eigenvalue weighted by Crippen LogP contribution is -2.35. The van der Waals surface area contributed by atoms with Gasteiger partial charge in [0.15, 0.2) is 0 Å². The van der Waals surface area contributed by atoms with Crippen LogP contribution in [0.3, 0.4) is 0 Å². The summed E-state index contributed by atoms with van der Waals surface area (Å²) in [5, 5.41) is 2.87. The molecule has 7 heteroatoms. The third-order valence-corrected chi connectivity index (χ3v) is 4.90. The SMILES string of the molecule is COc1ccc(NC(=O)c2cn3ccc(C)cc3n2)cc1N1CCCCC1=O. The molecule has 1 N–H and O–H groups in total. The van der Waals surface area contributed by atoms with Crippen molar-refractivity contribution in [2.75, 3.05) is 23.9 Å². The molecule has 2 amide bonds. The van der Waals surface area contributed by atoms with E-state index in [1.165, 1.54) is 0 Å². The highest BCUT2D eigenvalue weighted by molar-refractivity contribution is 6.04. The lowest BCUT2D eigenvalue weighted by Gasteiger charge is -2.28. The molecular formula is C21H22N4O3. The maximum absolute atomic E-state index is 12.7. The molecule has 0 spiro atoms. The number of piperidine rings is 1. The number of fused-ring (bicyclic) bond motifs is 1. The van der Waals surface area contributed by atoms with Crippen LogP contribution in [0.2, 0.25) is 0 Å². The van der Waals surface area contributed by atoms with Crippen molar-refractivity contribution in [3.63, 3.8) is 0 Å². The Hall–Kier alpha value is -3.35. The molecule has 1 aromatic carbocycles. The van der Waals surface area contributed by atoms with Crippen LogP contribution in [0.15, 0.2) is 42.7 Å². The molecule has 7 nitrogen and oxygen atoms in total. The van der Waals surface area contributed by atoms with Gasteiger partial charge >= 0.3 is 0 Å². The third-order valence-electron chi connectivity index (χ3n) is 4.90. The average molecular weight is 378 g/mol. The predicted octanol–water partition coefficient (Wildman–Crippen LogP) is 3.42. The van der Waals surface area contributed by atoms with Gasteiger partial charge in [-0.15, -0.1) is 0 Å². The van der Waals surface area contributed by atoms with Crippen LogP contribution in [-0.2, 0) is 4.79 Å². The van der Waals surface area contributed by atoms with Crippen molar-refractivity contribution in [1.29, 1.82) is 0 Å². The molecule has 1 fully saturated rings. The molecule has 1 aliphatic rings. The van der Waals surface area contributed by atoms with Gasteiger partial charge in [-0.2, -0.15) is 0 Å². The standard InChI is InChI=1S/C21H22N4O3/c1-14-8-10-24-13-16(23-19(24)11-14)21(27)22-15-6-7-18(28-2)17(12-15)25-9-4-3-5-20(25)26/h6-8,10-13H,3-5,9H2,1-2H3,(H,22,27). The highest BCUT2D eigenvalue weighted by Crippen LogP contribution is 2.33. The number of ether oxygens (including phenoxy) is 1. The fraction of sp³-hybridized carbons (Fsp3) is 0.286. The number of aromatic nitrogens is 2. The van der Waals surface area contributed by atoms with Crippen LogP contribution < -0.4 is 15.0 Å². The molecule has 0 bridgehead atoms. The summed E-state index contributed by atoms with van der Waals surface area (Å²) < 4.78 is 7.23. The summed E-state index contributed by atoms with van der Waals surface area (Å²) in [5.74, 6) is 0.377. The lowest BCUT2D eigenvalue weighted by molar-refractivity contribution is -0.119. The van der Waals surface area contributed by atoms with Crippen molar-refractivity contribution < 1.29 is 14.3 Å². The molecule has 0 saturated carbocycles. The molecule has 144 valence electrons. The van der Waals surface area contributed by atoms with Crippen LogP contribution in [0.25, 0.3) is 5.65 Å². The van der Waals surface area contributed by atoms with E-state index >= 15 is 0 Å². The molecule has 0 atom stereocenters. The largest absolute Gasteiger partial charge is 0.495 e. The number of rotatable bonds is 4. The topological polar surface area (TPSA) is 75.9 Å². The zero-order valence-electron chi connectivity index (χ0n) is 15.9. The minimum atomic E-state index is -0.303. The minimum Gasteiger partial charge on any atom is -0.495 e. The highest BCUT2D eigenvalue weighted by atomic mass is 16.5. The van der Waals surface area contributed by atoms with E-state index in [4.69, 9.17) is 4.74 Å². The smallest absolute Gasteiger partial charge is 0.275 e. The van der Waals surface area contributed by atoms with E-state index in [2.05, 4.69) is 10.3 Å². The second-order valence-electron chi connectivity index (χ2n) is 6.94. The van der Waals surface area contributed by atoms with Crippen molar-refractivity contribution >= 4 is 28.8 Å². The van der Waals surface area contributed by atoms with Gasteiger partial charge in [0.25, 0.3) is 5.91 Å². The van der Waals surface area contributed by atoms with E-state index in [9.17, 15) is 9.59 Å². The number of hydrogen-bond acceptors (Lipinski definition) is 4. The van der Waals surface area contributed by atoms with Gasteiger partial charge in [0.1, 0.15) is 17.1 Å². The molecule has 28 heavy (non-hydrogen) atoms. The molecule has 0 aliphatic carbocycles. The van der Waals surface area contributed by atoms with E-state index in [0.717, 1.165) is 24.1 Å². The number of anilines is 2. The van der Waals surface area contributed by atoms with E-state index in [-0.39, 0.29) is 11.8 Å². The molecule has 3 heterocycles. The van der Waals surface area contributed by atoms with Gasteiger partial charge in [0, 0.05) is 31.0 Å². The molecule has 0 radical (unpaired) electrons. The number of carbonyl (C=O) groups is 2. The van der Waals surface area contributed by atoms with Gasteiger partial charge in [0.2, 0.25) is 5.91 Å². The van der Waals surface area contributed by atoms with E-state index in [1.807, 2.05) is 29.7 Å². The summed E-state index contributed by atoms with van der Waals surface area (Å²) >= 11 is 0. The molecule has 1 saturated heterocycles. The third kappa shape index (κ3) is 3.43. The van der Waals surface area contributed by atoms with Crippen LogP contribution in [-0.4, -0.2) is 34.9 Å². The number of benzene rings is 1. The van der Waals surface area contributed by atoms with Crippen LogP contribution in [0.1, 0.15) is 35.3 Å². The average Bonchev–Trinajstić information content (AvgIpc) is 3.11. The number of methoxy groups -OCH3 is 1. The van der Waals surface area contributed by atoms with Crippen molar-refractivity contribution in [3.05, 3.63) is 54.0 Å². The molecule has 2 aromatic heterocycles. The molecule has 3 aromatic rings. The Labute approximate surface area is 162 Å². The number of amides is 2. The van der Waals surface area contributed by atoms with Crippen molar-refractivity contribution in [2.45, 2.75) is 26.2 Å². The fourth-order valence-electron chi connectivity index (χ4n) is 3.43. The number of nitrogens with zero attached hydrogens (tertiary/aromatic N) is 3. The van der Waals surface area contributed by atoms with Crippen molar-refractivity contribution in [2.24, 2.45) is 0 Å². The van der Waals surface area contributed by atoms with Crippen LogP contribution in [0.5, 0.6) is 5.75 Å². The highest BCUT2D eigenvalue weighted by Gasteiger charge is 2.23. The monoisotopic (exact) mass is 378 g/mol. The number of nitrogens with one attached hydrogen (secondary N) is 1. The van der Waals surface area contributed by atoms with Gasteiger partial charge in [-0.05, 0) is 55.7 Å². The van der Waals surface area contributed by atoms with Crippen LogP contribution in [0, 0.1) is 6.92 Å². The number of carbonyl (C=O) groups excluding carboxylic acids is 2. The van der Waals surface area contributed by atoms with Gasteiger partial charge in [-0.3, -0.25) is 9.59 Å². The first-order valence-corrected chi connectivity index (χ1v) is 9.30. The van der Waals surface area contributed by atoms with E-state index in [1.54, 1.807) is 36.4 Å². The number of hydrogen-bond donors (Lipinski definition) is 1. The Balaban J connectivity index is 1.60. The molecule has 1 aliphatic heterocycles. The molecule has 0 unspecified atom stereocenters. The Morgan fingerprint density at radius 1 is 1.21 bits per heavy atom. The quantitative estimate of drug-likeness (QED) is 0.755. The van der Waals surface area contributed by atoms with Crippen molar-refractivity contribution in [1.82, 2.24) is 9.38 Å².